The van der Waals surface area contributed by atoms with Gasteiger partial charge in [-0.05, 0) is 12.8 Å². The highest BCUT2D eigenvalue weighted by molar-refractivity contribution is 5.72. The Hall–Kier alpha value is -1.85. The van der Waals surface area contributed by atoms with E-state index >= 15 is 0 Å². The van der Waals surface area contributed by atoms with Gasteiger partial charge in [0, 0.05) is 6.20 Å². The van der Waals surface area contributed by atoms with Gasteiger partial charge in [0.05, 0.1) is 6.04 Å². The van der Waals surface area contributed by atoms with Crippen LogP contribution in [0.15, 0.2) is 15.8 Å². The number of H-pyrrole nitrogens is 2. The Bertz CT molecular complexity index is 602. The van der Waals surface area contributed by atoms with Crippen LogP contribution in [0.1, 0.15) is 18.9 Å². The third-order valence-corrected chi connectivity index (χ3v) is 2.36. The number of rotatable bonds is 1. The number of aromatic amines is 2. The van der Waals surface area contributed by atoms with Crippen LogP contribution in [0.3, 0.4) is 0 Å². The van der Waals surface area contributed by atoms with Crippen molar-refractivity contribution in [3.05, 3.63) is 27.0 Å². The highest BCUT2D eigenvalue weighted by Crippen LogP contribution is 2.34. The van der Waals surface area contributed by atoms with E-state index in [4.69, 9.17) is 0 Å². The number of fused-ring (bicyclic) bond motifs is 1. The highest BCUT2D eigenvalue weighted by Gasteiger charge is 2.25. The standard InChI is InChI=1S/C8H8N4O2/c13-7-5-3-12(4-1-2-4)11-6(5)9-8(14)10-7/h3-4H,1-2H2,(H2,9,10,11,13,14). The summed E-state index contributed by atoms with van der Waals surface area (Å²) in [5.41, 5.74) is -0.523. The third kappa shape index (κ3) is 1.00. The van der Waals surface area contributed by atoms with Crippen molar-refractivity contribution in [2.45, 2.75) is 18.9 Å². The first-order valence-corrected chi connectivity index (χ1v) is 4.45. The second-order valence-electron chi connectivity index (χ2n) is 3.51. The van der Waals surface area contributed by atoms with E-state index in [0.717, 1.165) is 12.8 Å². The Labute approximate surface area is 77.6 Å². The lowest BCUT2D eigenvalue weighted by Gasteiger charge is -1.91. The summed E-state index contributed by atoms with van der Waals surface area (Å²) < 4.78 is 1.75. The summed E-state index contributed by atoms with van der Waals surface area (Å²) in [6, 6.07) is 0.408. The molecule has 6 heteroatoms. The van der Waals surface area contributed by atoms with E-state index < -0.39 is 5.69 Å². The van der Waals surface area contributed by atoms with Crippen molar-refractivity contribution in [2.24, 2.45) is 0 Å². The van der Waals surface area contributed by atoms with Crippen LogP contribution >= 0.6 is 0 Å². The molecular weight excluding hydrogens is 184 g/mol. The molecule has 72 valence electrons. The minimum atomic E-state index is -0.511. The Morgan fingerprint density at radius 3 is 2.86 bits per heavy atom. The fourth-order valence-electron chi connectivity index (χ4n) is 1.49. The molecule has 0 saturated heterocycles. The number of hydrogen-bond acceptors (Lipinski definition) is 3. The zero-order valence-corrected chi connectivity index (χ0v) is 7.28. The summed E-state index contributed by atoms with van der Waals surface area (Å²) in [7, 11) is 0. The van der Waals surface area contributed by atoms with Gasteiger partial charge in [0.2, 0.25) is 0 Å². The van der Waals surface area contributed by atoms with Gasteiger partial charge < -0.3 is 0 Å². The van der Waals surface area contributed by atoms with Gasteiger partial charge in [0.1, 0.15) is 5.39 Å². The van der Waals surface area contributed by atoms with Crippen LogP contribution in [0, 0.1) is 0 Å². The van der Waals surface area contributed by atoms with Crippen molar-refractivity contribution in [3.63, 3.8) is 0 Å². The lowest BCUT2D eigenvalue weighted by Crippen LogP contribution is -2.21. The quantitative estimate of drug-likeness (QED) is 0.653. The molecule has 0 spiro atoms. The second-order valence-corrected chi connectivity index (χ2v) is 3.51. The molecule has 0 aromatic carbocycles. The van der Waals surface area contributed by atoms with Crippen LogP contribution in [-0.4, -0.2) is 19.7 Å². The number of nitrogens with zero attached hydrogens (tertiary/aromatic N) is 2. The monoisotopic (exact) mass is 192 g/mol. The Morgan fingerprint density at radius 1 is 1.36 bits per heavy atom. The van der Waals surface area contributed by atoms with E-state index in [1.807, 2.05) is 0 Å². The summed E-state index contributed by atoms with van der Waals surface area (Å²) in [5.74, 6) is 0. The van der Waals surface area contributed by atoms with Gasteiger partial charge >= 0.3 is 5.69 Å². The molecule has 1 fully saturated rings. The van der Waals surface area contributed by atoms with Crippen molar-refractivity contribution in [1.82, 2.24) is 19.7 Å². The van der Waals surface area contributed by atoms with Gasteiger partial charge in [-0.25, -0.2) is 4.79 Å². The molecule has 2 aromatic rings. The van der Waals surface area contributed by atoms with E-state index in [2.05, 4.69) is 15.1 Å². The summed E-state index contributed by atoms with van der Waals surface area (Å²) in [4.78, 5) is 26.9. The van der Waals surface area contributed by atoms with E-state index in [0.29, 0.717) is 17.1 Å². The highest BCUT2D eigenvalue weighted by atomic mass is 16.2. The Kier molecular flexibility index (Phi) is 1.26. The van der Waals surface area contributed by atoms with Crippen LogP contribution < -0.4 is 11.2 Å². The second kappa shape index (κ2) is 2.34. The van der Waals surface area contributed by atoms with Crippen molar-refractivity contribution in [3.8, 4) is 0 Å². The van der Waals surface area contributed by atoms with E-state index in [-0.39, 0.29) is 5.56 Å². The van der Waals surface area contributed by atoms with Gasteiger partial charge in [-0.2, -0.15) is 5.10 Å². The first kappa shape index (κ1) is 7.54. The third-order valence-electron chi connectivity index (χ3n) is 2.36. The maximum Gasteiger partial charge on any atom is 0.327 e. The van der Waals surface area contributed by atoms with Crippen LogP contribution in [0.25, 0.3) is 11.0 Å². The van der Waals surface area contributed by atoms with Gasteiger partial charge in [-0.1, -0.05) is 0 Å². The van der Waals surface area contributed by atoms with Crippen molar-refractivity contribution < 1.29 is 0 Å². The summed E-state index contributed by atoms with van der Waals surface area (Å²) >= 11 is 0. The molecule has 0 radical (unpaired) electrons. The smallest absolute Gasteiger partial charge is 0.290 e. The fourth-order valence-corrected chi connectivity index (χ4v) is 1.49. The molecule has 0 aliphatic heterocycles. The molecule has 0 amide bonds. The molecule has 1 aliphatic rings. The van der Waals surface area contributed by atoms with E-state index in [1.165, 1.54) is 0 Å². The molecule has 0 bridgehead atoms. The Morgan fingerprint density at radius 2 is 2.14 bits per heavy atom. The van der Waals surface area contributed by atoms with E-state index in [1.54, 1.807) is 10.9 Å². The first-order chi connectivity index (χ1) is 6.74. The zero-order valence-electron chi connectivity index (χ0n) is 7.28. The molecule has 0 unspecified atom stereocenters. The summed E-state index contributed by atoms with van der Waals surface area (Å²) in [5, 5.41) is 4.58. The minimum absolute atomic E-state index is 0.366. The van der Waals surface area contributed by atoms with Crippen LogP contribution in [0.2, 0.25) is 0 Å². The predicted molar refractivity (Wildman–Crippen MR) is 49.2 cm³/mol. The van der Waals surface area contributed by atoms with E-state index in [9.17, 15) is 9.59 Å². The van der Waals surface area contributed by atoms with Gasteiger partial charge in [-0.15, -0.1) is 0 Å². The molecule has 2 N–H and O–H groups in total. The molecule has 0 atom stereocenters. The molecule has 3 rings (SSSR count). The average Bonchev–Trinajstić information content (AvgIpc) is 2.87. The Balaban J connectivity index is 2.36. The summed E-state index contributed by atoms with van der Waals surface area (Å²) in [6.07, 6.45) is 3.87. The van der Waals surface area contributed by atoms with Crippen molar-refractivity contribution in [2.75, 3.05) is 0 Å². The van der Waals surface area contributed by atoms with Gasteiger partial charge in [-0.3, -0.25) is 19.4 Å². The lowest BCUT2D eigenvalue weighted by atomic mass is 10.4. The van der Waals surface area contributed by atoms with Crippen LogP contribution in [0.4, 0.5) is 0 Å². The van der Waals surface area contributed by atoms with Crippen LogP contribution in [-0.2, 0) is 0 Å². The van der Waals surface area contributed by atoms with Gasteiger partial charge in [0.25, 0.3) is 5.56 Å². The number of nitrogens with one attached hydrogen (secondary N) is 2. The number of aromatic nitrogens is 4. The van der Waals surface area contributed by atoms with Crippen LogP contribution in [0.5, 0.6) is 0 Å². The molecule has 2 heterocycles. The molecule has 14 heavy (non-hydrogen) atoms. The lowest BCUT2D eigenvalue weighted by molar-refractivity contribution is 0.647. The predicted octanol–water partition coefficient (Wildman–Crippen LogP) is -0.252. The zero-order chi connectivity index (χ0) is 9.71. The van der Waals surface area contributed by atoms with Gasteiger partial charge in [0.15, 0.2) is 5.65 Å². The maximum absolute atomic E-state index is 11.3. The fraction of sp³-hybridized carbons (Fsp3) is 0.375. The average molecular weight is 192 g/mol. The molecule has 2 aromatic heterocycles. The van der Waals surface area contributed by atoms with Crippen molar-refractivity contribution in [1.29, 1.82) is 0 Å². The number of hydrogen-bond donors (Lipinski definition) is 2. The topological polar surface area (TPSA) is 83.5 Å². The summed E-state index contributed by atoms with van der Waals surface area (Å²) in [6.45, 7) is 0. The largest absolute Gasteiger partial charge is 0.327 e. The van der Waals surface area contributed by atoms with Crippen molar-refractivity contribution >= 4 is 11.0 Å². The normalized spacial score (nSPS) is 16.3. The SMILES string of the molecule is O=c1[nH]c(=O)c2cn(C3CC3)nc2[nH]1. The maximum atomic E-state index is 11.3. The molecule has 1 aliphatic carbocycles. The minimum Gasteiger partial charge on any atom is -0.290 e. The molecule has 6 nitrogen and oxygen atoms in total. The molecular formula is C8H8N4O2. The first-order valence-electron chi connectivity index (χ1n) is 4.45. The molecule has 1 saturated carbocycles.